The third-order valence-corrected chi connectivity index (χ3v) is 11.4. The molecule has 2 atom stereocenters. The van der Waals surface area contributed by atoms with Gasteiger partial charge in [-0.2, -0.15) is 21.6 Å². The zero-order valence-corrected chi connectivity index (χ0v) is 19.5. The van der Waals surface area contributed by atoms with E-state index in [9.17, 15) is 21.6 Å². The molecule has 0 amide bonds. The quantitative estimate of drug-likeness (QED) is 0.149. The predicted octanol–water partition coefficient (Wildman–Crippen LogP) is 6.14. The molecule has 0 aromatic heterocycles. The van der Waals surface area contributed by atoms with E-state index in [1.807, 2.05) is 0 Å². The molecule has 0 bridgehead atoms. The Hall–Kier alpha value is -0.803. The lowest BCUT2D eigenvalue weighted by Gasteiger charge is -2.37. The average molecular weight is 443 g/mol. The lowest BCUT2D eigenvalue weighted by atomic mass is 9.72. The van der Waals surface area contributed by atoms with Crippen molar-refractivity contribution in [1.29, 1.82) is 0 Å². The first-order chi connectivity index (χ1) is 12.5. The maximum Gasteiger partial charge on any atom is 0.534 e. The summed E-state index contributed by atoms with van der Waals surface area (Å²) in [6, 6.07) is 0. The van der Waals surface area contributed by atoms with Gasteiger partial charge in [0.15, 0.2) is 8.32 Å². The third kappa shape index (κ3) is 6.10. The summed E-state index contributed by atoms with van der Waals surface area (Å²) in [5.41, 5.74) is -6.04. The van der Waals surface area contributed by atoms with Crippen molar-refractivity contribution < 1.29 is 30.2 Å². The van der Waals surface area contributed by atoms with Crippen LogP contribution in [-0.4, -0.2) is 28.9 Å². The van der Waals surface area contributed by atoms with Gasteiger partial charge in [-0.3, -0.25) is 0 Å². The van der Waals surface area contributed by atoms with Crippen LogP contribution in [0.4, 0.5) is 13.2 Å². The Balaban J connectivity index is 2.88. The fraction of sp³-hybridized carbons (Fsp3) is 0.789. The minimum atomic E-state index is -5.67. The summed E-state index contributed by atoms with van der Waals surface area (Å²) >= 11 is 0. The first kappa shape index (κ1) is 25.2. The van der Waals surface area contributed by atoms with Crippen LogP contribution in [0, 0.1) is 11.3 Å². The minimum absolute atomic E-state index is 0.0935. The standard InChI is InChI=1S/C19H33F3O4SSi/c1-8-18(11-9-13-25-28(6,7)17(3,4)5)12-10-15(2)16(14-18)26-27(23,24)19(20,21)22/h8,14-15H,1,9-13H2,2-7H3/t15-,18-/m1/s1. The topological polar surface area (TPSA) is 52.6 Å². The summed E-state index contributed by atoms with van der Waals surface area (Å²) in [7, 11) is -7.54. The van der Waals surface area contributed by atoms with Gasteiger partial charge in [0.05, 0.1) is 0 Å². The Morgan fingerprint density at radius 1 is 1.32 bits per heavy atom. The van der Waals surface area contributed by atoms with E-state index in [4.69, 9.17) is 4.43 Å². The highest BCUT2D eigenvalue weighted by Crippen LogP contribution is 2.44. The van der Waals surface area contributed by atoms with Crippen LogP contribution < -0.4 is 0 Å². The van der Waals surface area contributed by atoms with Gasteiger partial charge in [-0.25, -0.2) is 0 Å². The smallest absolute Gasteiger partial charge is 0.417 e. The summed E-state index contributed by atoms with van der Waals surface area (Å²) in [6.07, 6.45) is 5.68. The fourth-order valence-corrected chi connectivity index (χ4v) is 4.46. The second kappa shape index (κ2) is 8.51. The summed E-state index contributed by atoms with van der Waals surface area (Å²) in [5, 5.41) is 0.0935. The van der Waals surface area contributed by atoms with Crippen molar-refractivity contribution in [3.05, 3.63) is 24.5 Å². The Bertz CT molecular complexity index is 693. The molecule has 0 spiro atoms. The SMILES string of the molecule is C=C[C@]1(CCCO[Si](C)(C)C(C)(C)C)C=C(OS(=O)(=O)C(F)(F)F)[C@H](C)CC1. The Morgan fingerprint density at radius 2 is 1.89 bits per heavy atom. The van der Waals surface area contributed by atoms with Gasteiger partial charge in [-0.1, -0.05) is 33.8 Å². The zero-order chi connectivity index (χ0) is 22.0. The van der Waals surface area contributed by atoms with Crippen molar-refractivity contribution in [1.82, 2.24) is 0 Å². The molecule has 28 heavy (non-hydrogen) atoms. The second-order valence-corrected chi connectivity index (χ2v) is 15.5. The van der Waals surface area contributed by atoms with Crippen LogP contribution in [0.25, 0.3) is 0 Å². The molecule has 4 nitrogen and oxygen atoms in total. The van der Waals surface area contributed by atoms with Crippen molar-refractivity contribution in [3.63, 3.8) is 0 Å². The van der Waals surface area contributed by atoms with Gasteiger partial charge in [-0.15, -0.1) is 6.58 Å². The first-order valence-corrected chi connectivity index (χ1v) is 13.8. The summed E-state index contributed by atoms with van der Waals surface area (Å²) in [5.74, 6) is -0.567. The maximum absolute atomic E-state index is 12.7. The molecule has 9 heteroatoms. The predicted molar refractivity (Wildman–Crippen MR) is 108 cm³/mol. The third-order valence-electron chi connectivity index (χ3n) is 5.91. The van der Waals surface area contributed by atoms with Gasteiger partial charge in [0.1, 0.15) is 5.76 Å². The fourth-order valence-electron chi connectivity index (χ4n) is 2.81. The molecule has 1 rings (SSSR count). The molecule has 1 aliphatic rings. The van der Waals surface area contributed by atoms with E-state index in [1.54, 1.807) is 13.0 Å². The number of allylic oxidation sites excluding steroid dienone is 3. The Kier molecular flexibility index (Phi) is 7.67. The normalized spacial score (nSPS) is 24.6. The number of alkyl halides is 3. The van der Waals surface area contributed by atoms with E-state index in [1.165, 1.54) is 6.08 Å². The van der Waals surface area contributed by atoms with Gasteiger partial charge in [0, 0.05) is 17.9 Å². The zero-order valence-electron chi connectivity index (χ0n) is 17.6. The average Bonchev–Trinajstić information content (AvgIpc) is 2.52. The van der Waals surface area contributed by atoms with Gasteiger partial charge in [0.2, 0.25) is 0 Å². The van der Waals surface area contributed by atoms with E-state index in [2.05, 4.69) is 44.6 Å². The molecule has 0 aromatic carbocycles. The minimum Gasteiger partial charge on any atom is -0.417 e. The molecular weight excluding hydrogens is 409 g/mol. The second-order valence-electron chi connectivity index (χ2n) is 9.12. The molecule has 0 N–H and O–H groups in total. The van der Waals surface area contributed by atoms with Crippen LogP contribution >= 0.6 is 0 Å². The van der Waals surface area contributed by atoms with Crippen molar-refractivity contribution >= 4 is 18.4 Å². The molecule has 0 radical (unpaired) electrons. The number of hydrogen-bond donors (Lipinski definition) is 0. The largest absolute Gasteiger partial charge is 0.534 e. The summed E-state index contributed by atoms with van der Waals surface area (Å²) in [4.78, 5) is 0. The summed E-state index contributed by atoms with van der Waals surface area (Å²) in [6.45, 7) is 16.8. The lowest BCUT2D eigenvalue weighted by Crippen LogP contribution is -2.41. The van der Waals surface area contributed by atoms with E-state index in [0.717, 1.165) is 0 Å². The Morgan fingerprint density at radius 3 is 2.36 bits per heavy atom. The van der Waals surface area contributed by atoms with Gasteiger partial charge < -0.3 is 8.61 Å². The molecule has 0 fully saturated rings. The summed E-state index contributed by atoms with van der Waals surface area (Å²) < 4.78 is 71.4. The molecule has 164 valence electrons. The highest BCUT2D eigenvalue weighted by Gasteiger charge is 2.49. The number of halogens is 3. The van der Waals surface area contributed by atoms with E-state index in [0.29, 0.717) is 32.3 Å². The highest BCUT2D eigenvalue weighted by molar-refractivity contribution is 7.87. The van der Waals surface area contributed by atoms with Gasteiger partial charge in [-0.05, 0) is 49.9 Å². The first-order valence-electron chi connectivity index (χ1n) is 9.47. The van der Waals surface area contributed by atoms with E-state index in [-0.39, 0.29) is 10.8 Å². The van der Waals surface area contributed by atoms with Crippen LogP contribution in [0.3, 0.4) is 0 Å². The van der Waals surface area contributed by atoms with Crippen LogP contribution in [-0.2, 0) is 18.7 Å². The number of rotatable bonds is 8. The monoisotopic (exact) mass is 442 g/mol. The van der Waals surface area contributed by atoms with Gasteiger partial charge in [0.25, 0.3) is 0 Å². The van der Waals surface area contributed by atoms with Crippen molar-refractivity contribution in [3.8, 4) is 0 Å². The van der Waals surface area contributed by atoms with E-state index >= 15 is 0 Å². The van der Waals surface area contributed by atoms with Gasteiger partial charge >= 0.3 is 15.6 Å². The van der Waals surface area contributed by atoms with Crippen LogP contribution in [0.5, 0.6) is 0 Å². The molecular formula is C19H33F3O4SSi. The molecule has 0 unspecified atom stereocenters. The maximum atomic E-state index is 12.7. The van der Waals surface area contributed by atoms with E-state index < -0.39 is 35.3 Å². The van der Waals surface area contributed by atoms with Crippen molar-refractivity contribution in [2.75, 3.05) is 6.61 Å². The van der Waals surface area contributed by atoms with Crippen LogP contribution in [0.2, 0.25) is 18.1 Å². The molecule has 1 aliphatic carbocycles. The molecule has 0 aromatic rings. The molecule has 0 saturated carbocycles. The highest BCUT2D eigenvalue weighted by atomic mass is 32.2. The van der Waals surface area contributed by atoms with Crippen molar-refractivity contribution in [2.45, 2.75) is 77.0 Å². The number of hydrogen-bond acceptors (Lipinski definition) is 4. The molecule has 0 heterocycles. The van der Waals surface area contributed by atoms with Crippen molar-refractivity contribution in [2.24, 2.45) is 11.3 Å². The van der Waals surface area contributed by atoms with Crippen LogP contribution in [0.15, 0.2) is 24.5 Å². The van der Waals surface area contributed by atoms with Crippen LogP contribution in [0.1, 0.15) is 53.4 Å². The molecule has 0 aliphatic heterocycles. The Labute approximate surface area is 168 Å². The lowest BCUT2D eigenvalue weighted by molar-refractivity contribution is -0.0529. The molecule has 0 saturated heterocycles.